The summed E-state index contributed by atoms with van der Waals surface area (Å²) in [5, 5.41) is 10.2. The van der Waals surface area contributed by atoms with Gasteiger partial charge >= 0.3 is 0 Å². The zero-order valence-corrected chi connectivity index (χ0v) is 14.0. The Morgan fingerprint density at radius 2 is 1.68 bits per heavy atom. The van der Waals surface area contributed by atoms with Gasteiger partial charge in [0.2, 0.25) is 0 Å². The zero-order chi connectivity index (χ0) is 18.0. The van der Waals surface area contributed by atoms with E-state index in [0.29, 0.717) is 28.1 Å². The van der Waals surface area contributed by atoms with Crippen LogP contribution in [-0.2, 0) is 0 Å². The Kier molecular flexibility index (Phi) is 4.59. The molecule has 5 nitrogen and oxygen atoms in total. The Hall–Kier alpha value is -3.05. The molecular formula is C19H13ClN2O3. The van der Waals surface area contributed by atoms with Crippen molar-refractivity contribution in [2.24, 2.45) is 0 Å². The van der Waals surface area contributed by atoms with E-state index >= 15 is 0 Å². The van der Waals surface area contributed by atoms with E-state index in [1.165, 1.54) is 12.1 Å². The number of nitrogens with zero attached hydrogens (tertiary/aromatic N) is 2. The number of hydrogen-bond donors (Lipinski definition) is 0. The number of non-ortho nitro benzene ring substituents is 1. The molecule has 25 heavy (non-hydrogen) atoms. The average molecular weight is 353 g/mol. The van der Waals surface area contributed by atoms with Crippen LogP contribution in [0.15, 0.2) is 60.7 Å². The van der Waals surface area contributed by atoms with Crippen LogP contribution in [0.1, 0.15) is 16.1 Å². The Morgan fingerprint density at radius 3 is 2.24 bits per heavy atom. The van der Waals surface area contributed by atoms with Gasteiger partial charge < -0.3 is 0 Å². The highest BCUT2D eigenvalue weighted by Gasteiger charge is 2.18. The average Bonchev–Trinajstić information content (AvgIpc) is 2.61. The van der Waals surface area contributed by atoms with Crippen molar-refractivity contribution in [1.82, 2.24) is 4.98 Å². The van der Waals surface area contributed by atoms with Crippen molar-refractivity contribution in [2.45, 2.75) is 6.92 Å². The number of aromatic nitrogens is 1. The highest BCUT2D eigenvalue weighted by atomic mass is 35.5. The molecule has 0 aliphatic heterocycles. The number of halogens is 1. The maximum absolute atomic E-state index is 11.9. The second-order valence-corrected chi connectivity index (χ2v) is 5.80. The Labute approximate surface area is 149 Å². The van der Waals surface area contributed by atoms with Crippen LogP contribution in [-0.4, -0.2) is 15.1 Å². The molecule has 0 fully saturated rings. The summed E-state index contributed by atoms with van der Waals surface area (Å²) >= 11 is 5.76. The Morgan fingerprint density at radius 1 is 1.04 bits per heavy atom. The first-order chi connectivity index (χ1) is 12.0. The van der Waals surface area contributed by atoms with E-state index in [-0.39, 0.29) is 5.69 Å². The number of nitro groups is 1. The smallest absolute Gasteiger partial charge is 0.269 e. The van der Waals surface area contributed by atoms with E-state index < -0.39 is 10.2 Å². The number of carbonyl (C=O) groups is 1. The van der Waals surface area contributed by atoms with Crippen LogP contribution in [0.3, 0.4) is 0 Å². The summed E-state index contributed by atoms with van der Waals surface area (Å²) in [7, 11) is 0. The van der Waals surface area contributed by atoms with Crippen LogP contribution in [0.4, 0.5) is 5.69 Å². The van der Waals surface area contributed by atoms with Crippen LogP contribution in [0, 0.1) is 17.0 Å². The summed E-state index contributed by atoms with van der Waals surface area (Å²) in [5.74, 6) is 0. The standard InChI is InChI=1S/C19H13ClN2O3/c1-12-18(19(20)23)16(13-7-9-15(10-8-13)22(24)25)11-17(21-12)14-5-3-2-4-6-14/h2-11H,1H3. The lowest BCUT2D eigenvalue weighted by atomic mass is 9.97. The third-order valence-corrected chi connectivity index (χ3v) is 4.04. The second kappa shape index (κ2) is 6.83. The van der Waals surface area contributed by atoms with Crippen LogP contribution >= 0.6 is 11.6 Å². The predicted octanol–water partition coefficient (Wildman–Crippen LogP) is 5.01. The summed E-state index contributed by atoms with van der Waals surface area (Å²) in [4.78, 5) is 26.8. The van der Waals surface area contributed by atoms with Gasteiger partial charge in [0.25, 0.3) is 10.9 Å². The van der Waals surface area contributed by atoms with Gasteiger partial charge in [-0.05, 0) is 47.9 Å². The van der Waals surface area contributed by atoms with Gasteiger partial charge in [0.1, 0.15) is 0 Å². The maximum Gasteiger partial charge on any atom is 0.269 e. The van der Waals surface area contributed by atoms with Gasteiger partial charge in [0, 0.05) is 17.7 Å². The van der Waals surface area contributed by atoms with Crippen LogP contribution in [0.5, 0.6) is 0 Å². The molecule has 1 heterocycles. The largest absolute Gasteiger partial charge is 0.276 e. The van der Waals surface area contributed by atoms with Gasteiger partial charge in [-0.1, -0.05) is 30.3 Å². The minimum atomic E-state index is -0.613. The summed E-state index contributed by atoms with van der Waals surface area (Å²) in [6.07, 6.45) is 0. The fraction of sp³-hybridized carbons (Fsp3) is 0.0526. The number of nitro benzene ring substituents is 1. The lowest BCUT2D eigenvalue weighted by Gasteiger charge is -2.12. The Bertz CT molecular complexity index is 954. The third-order valence-electron chi connectivity index (χ3n) is 3.86. The van der Waals surface area contributed by atoms with Crippen molar-refractivity contribution in [1.29, 1.82) is 0 Å². The molecule has 0 radical (unpaired) electrons. The van der Waals surface area contributed by atoms with E-state index in [1.807, 2.05) is 30.3 Å². The normalized spacial score (nSPS) is 10.5. The molecule has 0 amide bonds. The molecular weight excluding hydrogens is 340 g/mol. The van der Waals surface area contributed by atoms with E-state index in [9.17, 15) is 14.9 Å². The zero-order valence-electron chi connectivity index (χ0n) is 13.3. The molecule has 0 aliphatic rings. The minimum absolute atomic E-state index is 0.0171. The number of aryl methyl sites for hydroxylation is 1. The van der Waals surface area contributed by atoms with E-state index in [2.05, 4.69) is 4.98 Å². The van der Waals surface area contributed by atoms with Crippen molar-refractivity contribution in [3.8, 4) is 22.4 Å². The van der Waals surface area contributed by atoms with Crippen molar-refractivity contribution >= 4 is 22.5 Å². The second-order valence-electron chi connectivity index (χ2n) is 5.46. The van der Waals surface area contributed by atoms with Gasteiger partial charge in [0.15, 0.2) is 0 Å². The predicted molar refractivity (Wildman–Crippen MR) is 96.7 cm³/mol. The molecule has 3 aromatic rings. The molecule has 0 N–H and O–H groups in total. The van der Waals surface area contributed by atoms with Crippen molar-refractivity contribution in [2.75, 3.05) is 0 Å². The molecule has 0 saturated heterocycles. The first kappa shape index (κ1) is 16.8. The minimum Gasteiger partial charge on any atom is -0.276 e. The van der Waals surface area contributed by atoms with Gasteiger partial charge in [-0.15, -0.1) is 0 Å². The van der Waals surface area contributed by atoms with Crippen molar-refractivity contribution < 1.29 is 9.72 Å². The SMILES string of the molecule is Cc1nc(-c2ccccc2)cc(-c2ccc([N+](=O)[O-])cc2)c1C(=O)Cl. The van der Waals surface area contributed by atoms with Gasteiger partial charge in [0.05, 0.1) is 21.9 Å². The van der Waals surface area contributed by atoms with Crippen molar-refractivity contribution in [3.63, 3.8) is 0 Å². The number of rotatable bonds is 4. The van der Waals surface area contributed by atoms with E-state index in [4.69, 9.17) is 11.6 Å². The molecule has 0 aliphatic carbocycles. The number of pyridine rings is 1. The molecule has 0 atom stereocenters. The fourth-order valence-corrected chi connectivity index (χ4v) is 2.91. The molecule has 1 aromatic heterocycles. The van der Waals surface area contributed by atoms with E-state index in [0.717, 1.165) is 5.56 Å². The number of benzene rings is 2. The summed E-state index contributed by atoms with van der Waals surface area (Å²) < 4.78 is 0. The molecule has 3 rings (SSSR count). The van der Waals surface area contributed by atoms with Crippen LogP contribution < -0.4 is 0 Å². The number of hydrogen-bond acceptors (Lipinski definition) is 4. The number of carbonyl (C=O) groups excluding carboxylic acids is 1. The highest BCUT2D eigenvalue weighted by molar-refractivity contribution is 6.68. The quantitative estimate of drug-likeness (QED) is 0.376. The fourth-order valence-electron chi connectivity index (χ4n) is 2.67. The van der Waals surface area contributed by atoms with Crippen molar-refractivity contribution in [3.05, 3.63) is 82.0 Å². The first-order valence-corrected chi connectivity index (χ1v) is 7.87. The summed E-state index contributed by atoms with van der Waals surface area (Å²) in [6, 6.07) is 17.3. The van der Waals surface area contributed by atoms with Gasteiger partial charge in [-0.3, -0.25) is 19.9 Å². The molecule has 2 aromatic carbocycles. The van der Waals surface area contributed by atoms with Crippen LogP contribution in [0.2, 0.25) is 0 Å². The molecule has 0 saturated carbocycles. The monoisotopic (exact) mass is 352 g/mol. The first-order valence-electron chi connectivity index (χ1n) is 7.49. The molecule has 0 unspecified atom stereocenters. The van der Waals surface area contributed by atoms with Gasteiger partial charge in [-0.25, -0.2) is 0 Å². The molecule has 0 spiro atoms. The topological polar surface area (TPSA) is 73.1 Å². The summed E-state index contributed by atoms with van der Waals surface area (Å²) in [5.41, 5.74) is 3.66. The van der Waals surface area contributed by atoms with Crippen LogP contribution in [0.25, 0.3) is 22.4 Å². The third kappa shape index (κ3) is 3.41. The highest BCUT2D eigenvalue weighted by Crippen LogP contribution is 2.32. The molecule has 0 bridgehead atoms. The molecule has 6 heteroatoms. The molecule has 124 valence electrons. The lowest BCUT2D eigenvalue weighted by molar-refractivity contribution is -0.384. The maximum atomic E-state index is 11.9. The van der Waals surface area contributed by atoms with E-state index in [1.54, 1.807) is 25.1 Å². The lowest BCUT2D eigenvalue weighted by Crippen LogP contribution is -2.02. The Balaban J connectivity index is 2.20. The van der Waals surface area contributed by atoms with Gasteiger partial charge in [-0.2, -0.15) is 0 Å². The summed E-state index contributed by atoms with van der Waals surface area (Å²) in [6.45, 7) is 1.72.